The Balaban J connectivity index is 2.49. The van der Waals surface area contributed by atoms with Crippen LogP contribution in [0.25, 0.3) is 0 Å². The summed E-state index contributed by atoms with van der Waals surface area (Å²) in [4.78, 5) is 50.1. The summed E-state index contributed by atoms with van der Waals surface area (Å²) in [5.41, 5.74) is 2.52. The molecule has 0 saturated carbocycles. The highest BCUT2D eigenvalue weighted by atomic mass is 32.2. The molecule has 0 spiro atoms. The molecule has 0 bridgehead atoms. The van der Waals surface area contributed by atoms with Crippen LogP contribution in [0.4, 0.5) is 5.13 Å². The minimum absolute atomic E-state index is 0.00441. The number of aliphatic carboxylic acids is 3. The normalized spacial score (nSPS) is 18.6. The van der Waals surface area contributed by atoms with Crippen LogP contribution in [-0.4, -0.2) is 68.1 Å². The molecule has 0 aromatic carbocycles. The third kappa shape index (κ3) is 5.82. The molecule has 0 aliphatic carbocycles. The number of nitrogens with two attached hydrogens (primary N) is 1. The molecule has 3 N–H and O–H groups in total. The first kappa shape index (κ1) is 24.8. The molecule has 1 aromatic heterocycles. The topological polar surface area (TPSA) is 226 Å². The summed E-state index contributed by atoms with van der Waals surface area (Å²) in [6.07, 6.45) is 0. The Kier molecular flexibility index (Phi) is 7.58. The number of rotatable bonds is 9. The maximum absolute atomic E-state index is 12.8. The third-order valence-corrected chi connectivity index (χ3v) is 5.72. The van der Waals surface area contributed by atoms with Crippen LogP contribution in [0.3, 0.4) is 0 Å². The highest BCUT2D eigenvalue weighted by Gasteiger charge is 2.31. The van der Waals surface area contributed by atoms with Crippen molar-refractivity contribution >= 4 is 63.5 Å². The number of thiazole rings is 1. The van der Waals surface area contributed by atoms with Crippen molar-refractivity contribution in [1.29, 1.82) is 0 Å². The molecular weight excluding hydrogens is 466 g/mol. The minimum atomic E-state index is -1.91. The number of carbonyl (C=O) groups is 3. The number of aromatic nitrogens is 1. The van der Waals surface area contributed by atoms with E-state index in [0.29, 0.717) is 0 Å². The zero-order chi connectivity index (χ0) is 24.2. The summed E-state index contributed by atoms with van der Waals surface area (Å²) < 4.78 is 0. The standard InChI is InChI=1S/C17H19N5O8S2/c1-6-4-31-12(21-8(6)13(24)25)10(14(26)27)20-11(23)9(7-5-32-16(18)19-7)22-30-17(2,3)15(28)29/h5,10,12H,1,4H2,2-3H3,(H2,18,19)(H,20,23)(H,24,25)(H,26,27)(H,28,29)/p-3/b22-9+/t10-,12+/m0/s1. The van der Waals surface area contributed by atoms with Crippen molar-refractivity contribution in [3.8, 4) is 0 Å². The van der Waals surface area contributed by atoms with Gasteiger partial charge in [-0.05, 0) is 19.4 Å². The largest absolute Gasteiger partial charge is 0.857 e. The predicted molar refractivity (Wildman–Crippen MR) is 110 cm³/mol. The number of hydrogen-bond donors (Lipinski definition) is 2. The average Bonchev–Trinajstić information content (AvgIpc) is 3.12. The molecule has 0 fully saturated rings. The first-order chi connectivity index (χ1) is 14.8. The summed E-state index contributed by atoms with van der Waals surface area (Å²) in [6.45, 7) is 5.84. The van der Waals surface area contributed by atoms with Gasteiger partial charge in [0.15, 0.2) is 5.13 Å². The number of aliphatic imine (C=N–C) groups is 2. The van der Waals surface area contributed by atoms with Crippen LogP contribution in [-0.2, 0) is 19.2 Å². The zero-order valence-electron chi connectivity index (χ0n) is 16.6. The second-order valence-corrected chi connectivity index (χ2v) is 8.68. The molecule has 1 aliphatic rings. The average molecular weight is 482 g/mol. The van der Waals surface area contributed by atoms with Crippen molar-refractivity contribution in [2.45, 2.75) is 30.9 Å². The third-order valence-electron chi connectivity index (χ3n) is 3.83. The Bertz CT molecular complexity index is 1050. The van der Waals surface area contributed by atoms with Crippen molar-refractivity contribution in [1.82, 2.24) is 4.98 Å². The second-order valence-electron chi connectivity index (χ2n) is 6.69. The van der Waals surface area contributed by atoms with Gasteiger partial charge in [0.05, 0.1) is 17.7 Å². The number of carbonyl (C=O) groups excluding carboxylic acids is 2. The van der Waals surface area contributed by atoms with Gasteiger partial charge in [0.25, 0.3) is 0 Å². The molecule has 0 saturated heterocycles. The van der Waals surface area contributed by atoms with Gasteiger partial charge in [0.1, 0.15) is 22.8 Å². The predicted octanol–water partition coefficient (Wildman–Crippen LogP) is -2.99. The number of thioether (sulfide) groups is 1. The van der Waals surface area contributed by atoms with E-state index < -0.39 is 52.2 Å². The van der Waals surface area contributed by atoms with Crippen molar-refractivity contribution < 1.29 is 39.6 Å². The van der Waals surface area contributed by atoms with Gasteiger partial charge in [-0.1, -0.05) is 11.7 Å². The zero-order valence-corrected chi connectivity index (χ0v) is 18.3. The number of hydrogen-bond acceptors (Lipinski definition) is 14. The van der Waals surface area contributed by atoms with Crippen LogP contribution in [0.2, 0.25) is 0 Å². The molecule has 2 atom stereocenters. The SMILES string of the molecule is C=C1CS[C@H]([C@H](N=C([O-])/C(=N/OC(C)(C)C(=O)O)c2csc(N)n2)C(=O)[O-])N=C1C(=O)[O-]. The Labute approximate surface area is 189 Å². The van der Waals surface area contributed by atoms with Gasteiger partial charge in [-0.2, -0.15) is 0 Å². The van der Waals surface area contributed by atoms with Crippen LogP contribution in [0.15, 0.2) is 32.7 Å². The molecule has 2 heterocycles. The Morgan fingerprint density at radius 1 is 1.38 bits per heavy atom. The summed E-state index contributed by atoms with van der Waals surface area (Å²) in [6, 6.07) is -1.91. The number of nitrogen functional groups attached to an aromatic ring is 1. The maximum Gasteiger partial charge on any atom is 0.350 e. The molecule has 2 rings (SSSR count). The minimum Gasteiger partial charge on any atom is -0.857 e. The van der Waals surface area contributed by atoms with Crippen LogP contribution >= 0.6 is 23.1 Å². The van der Waals surface area contributed by atoms with Gasteiger partial charge in [-0.15, -0.1) is 23.1 Å². The van der Waals surface area contributed by atoms with E-state index in [2.05, 4.69) is 26.7 Å². The Morgan fingerprint density at radius 3 is 2.53 bits per heavy atom. The monoisotopic (exact) mass is 482 g/mol. The van der Waals surface area contributed by atoms with E-state index in [4.69, 9.17) is 15.7 Å². The molecule has 0 amide bonds. The van der Waals surface area contributed by atoms with Gasteiger partial charge in [0.2, 0.25) is 5.60 Å². The van der Waals surface area contributed by atoms with Crippen LogP contribution < -0.4 is 21.1 Å². The first-order valence-corrected chi connectivity index (χ1v) is 10.5. The van der Waals surface area contributed by atoms with Gasteiger partial charge in [-0.3, -0.25) is 9.98 Å². The molecule has 0 radical (unpaired) electrons. The smallest absolute Gasteiger partial charge is 0.350 e. The number of anilines is 1. The van der Waals surface area contributed by atoms with E-state index in [1.54, 1.807) is 0 Å². The fraction of sp³-hybridized carbons (Fsp3) is 0.353. The number of carboxylic acids is 3. The van der Waals surface area contributed by atoms with Gasteiger partial charge in [0, 0.05) is 17.0 Å². The van der Waals surface area contributed by atoms with E-state index in [-0.39, 0.29) is 22.2 Å². The van der Waals surface area contributed by atoms with Gasteiger partial charge >= 0.3 is 5.97 Å². The van der Waals surface area contributed by atoms with Crippen LogP contribution in [0, 0.1) is 0 Å². The molecule has 1 aromatic rings. The molecule has 32 heavy (non-hydrogen) atoms. The van der Waals surface area contributed by atoms with E-state index >= 15 is 0 Å². The van der Waals surface area contributed by atoms with Gasteiger partial charge < -0.3 is 40.6 Å². The van der Waals surface area contributed by atoms with E-state index in [1.807, 2.05) is 0 Å². The number of oxime groups is 1. The lowest BCUT2D eigenvalue weighted by atomic mass is 10.1. The quantitative estimate of drug-likeness (QED) is 0.205. The molecule has 15 heteroatoms. The summed E-state index contributed by atoms with van der Waals surface area (Å²) in [5, 5.41) is 48.3. The Hall–Kier alpha value is -3.46. The summed E-state index contributed by atoms with van der Waals surface area (Å²) in [7, 11) is 0. The lowest BCUT2D eigenvalue weighted by Crippen LogP contribution is -2.46. The fourth-order valence-corrected chi connectivity index (χ4v) is 3.67. The molecule has 172 valence electrons. The highest BCUT2D eigenvalue weighted by molar-refractivity contribution is 8.00. The number of nitrogens with zero attached hydrogens (tertiary/aromatic N) is 4. The molecule has 13 nitrogen and oxygen atoms in total. The van der Waals surface area contributed by atoms with Crippen LogP contribution in [0.5, 0.6) is 0 Å². The molecule has 0 unspecified atom stereocenters. The summed E-state index contributed by atoms with van der Waals surface area (Å²) >= 11 is 1.81. The molecule has 1 aliphatic heterocycles. The van der Waals surface area contributed by atoms with Gasteiger partial charge in [-0.25, -0.2) is 9.78 Å². The molecular formula is C17H16N5O8S2-3. The lowest BCUT2D eigenvalue weighted by Gasteiger charge is -2.29. The van der Waals surface area contributed by atoms with Crippen molar-refractivity contribution in [3.05, 3.63) is 23.2 Å². The van der Waals surface area contributed by atoms with E-state index in [1.165, 1.54) is 19.2 Å². The van der Waals surface area contributed by atoms with Crippen molar-refractivity contribution in [3.63, 3.8) is 0 Å². The Morgan fingerprint density at radius 2 is 2.03 bits per heavy atom. The lowest BCUT2D eigenvalue weighted by molar-refractivity contribution is -0.307. The maximum atomic E-state index is 12.8. The van der Waals surface area contributed by atoms with Crippen molar-refractivity contribution in [2.75, 3.05) is 11.5 Å². The van der Waals surface area contributed by atoms with E-state index in [0.717, 1.165) is 23.1 Å². The van der Waals surface area contributed by atoms with Crippen molar-refractivity contribution in [2.24, 2.45) is 15.1 Å². The number of carboxylic acid groups (broad SMARTS) is 3. The highest BCUT2D eigenvalue weighted by Crippen LogP contribution is 2.27. The first-order valence-electron chi connectivity index (χ1n) is 8.59. The summed E-state index contributed by atoms with van der Waals surface area (Å²) in [5.74, 6) is -6.11. The van der Waals surface area contributed by atoms with Crippen LogP contribution in [0.1, 0.15) is 19.5 Å². The fourth-order valence-electron chi connectivity index (χ4n) is 2.08. The van der Waals surface area contributed by atoms with E-state index in [9.17, 15) is 29.7 Å². The second kappa shape index (κ2) is 9.78.